The first-order valence-corrected chi connectivity index (χ1v) is 11.0. The molecule has 0 aliphatic carbocycles. The lowest BCUT2D eigenvalue weighted by atomic mass is 10.1. The van der Waals surface area contributed by atoms with Gasteiger partial charge in [-0.1, -0.05) is 6.92 Å². The minimum atomic E-state index is -2.83. The molecule has 0 saturated carbocycles. The molecule has 2 saturated heterocycles. The minimum absolute atomic E-state index is 0. The van der Waals surface area contributed by atoms with Gasteiger partial charge in [0.25, 0.3) is 0 Å². The van der Waals surface area contributed by atoms with Crippen LogP contribution in [0.15, 0.2) is 4.99 Å². The number of sulfone groups is 1. The molecule has 0 aromatic heterocycles. The molecule has 0 spiro atoms. The molecule has 148 valence electrons. The van der Waals surface area contributed by atoms with Crippen molar-refractivity contribution in [2.45, 2.75) is 59.2 Å². The zero-order chi connectivity index (χ0) is 17.9. The molecule has 2 rings (SSSR count). The molecule has 0 bridgehead atoms. The van der Waals surface area contributed by atoms with Gasteiger partial charge in [0.2, 0.25) is 0 Å². The predicted molar refractivity (Wildman–Crippen MR) is 116 cm³/mol. The van der Waals surface area contributed by atoms with Crippen LogP contribution in [-0.2, 0) is 9.84 Å². The molecule has 2 aliphatic heterocycles. The number of likely N-dealkylation sites (tertiary alicyclic amines) is 1. The Morgan fingerprint density at radius 1 is 1.24 bits per heavy atom. The van der Waals surface area contributed by atoms with Crippen LogP contribution in [0.25, 0.3) is 0 Å². The number of hydrogen-bond donors (Lipinski definition) is 2. The molecule has 3 atom stereocenters. The molecule has 2 fully saturated rings. The summed E-state index contributed by atoms with van der Waals surface area (Å²) in [6, 6.07) is 1.23. The standard InChI is InChI=1S/C17H34N4O2S.HI/c1-12(2)19-17(18-8-15-6-7-24(22,23)11-15)20-16-10-21(13(3)4)9-14(16)5;/h12-16H,6-11H2,1-5H3,(H2,18,19,20);1H. The zero-order valence-corrected chi connectivity index (χ0v) is 19.3. The van der Waals surface area contributed by atoms with Crippen LogP contribution in [0.4, 0.5) is 0 Å². The van der Waals surface area contributed by atoms with Crippen LogP contribution < -0.4 is 10.6 Å². The van der Waals surface area contributed by atoms with Gasteiger partial charge in [0.15, 0.2) is 15.8 Å². The summed E-state index contributed by atoms with van der Waals surface area (Å²) in [5.41, 5.74) is 0. The molecule has 0 aromatic carbocycles. The van der Waals surface area contributed by atoms with Crippen LogP contribution in [0.5, 0.6) is 0 Å². The third kappa shape index (κ3) is 7.21. The highest BCUT2D eigenvalue weighted by Crippen LogP contribution is 2.20. The Morgan fingerprint density at radius 3 is 2.40 bits per heavy atom. The number of halogens is 1. The molecule has 2 N–H and O–H groups in total. The Kier molecular flexibility index (Phi) is 8.93. The average Bonchev–Trinajstić information content (AvgIpc) is 2.99. The minimum Gasteiger partial charge on any atom is -0.354 e. The predicted octanol–water partition coefficient (Wildman–Crippen LogP) is 1.71. The van der Waals surface area contributed by atoms with Crippen molar-refractivity contribution in [2.75, 3.05) is 31.1 Å². The summed E-state index contributed by atoms with van der Waals surface area (Å²) < 4.78 is 23.2. The fraction of sp³-hybridized carbons (Fsp3) is 0.941. The third-order valence-corrected chi connectivity index (χ3v) is 6.79. The Labute approximate surface area is 170 Å². The molecule has 25 heavy (non-hydrogen) atoms. The first-order valence-electron chi connectivity index (χ1n) is 9.18. The second kappa shape index (κ2) is 9.73. The Bertz CT molecular complexity index is 551. The SMILES string of the molecule is CC(C)NC(=NCC1CCS(=O)(=O)C1)NC1CN(C(C)C)CC1C.I. The molecular weight excluding hydrogens is 451 g/mol. The number of nitrogens with one attached hydrogen (secondary N) is 2. The second-order valence-corrected chi connectivity index (χ2v) is 10.3. The molecule has 0 amide bonds. The van der Waals surface area contributed by atoms with Crippen molar-refractivity contribution in [1.82, 2.24) is 15.5 Å². The van der Waals surface area contributed by atoms with Crippen LogP contribution in [0, 0.1) is 11.8 Å². The lowest BCUT2D eigenvalue weighted by molar-refractivity contribution is 0.265. The van der Waals surface area contributed by atoms with Gasteiger partial charge in [0, 0.05) is 37.8 Å². The van der Waals surface area contributed by atoms with E-state index in [9.17, 15) is 8.42 Å². The van der Waals surface area contributed by atoms with Crippen molar-refractivity contribution in [3.8, 4) is 0 Å². The summed E-state index contributed by atoms with van der Waals surface area (Å²) in [6.07, 6.45) is 0.738. The normalized spacial score (nSPS) is 29.9. The number of aliphatic imine (C=N–C) groups is 1. The van der Waals surface area contributed by atoms with Crippen molar-refractivity contribution in [3.63, 3.8) is 0 Å². The highest BCUT2D eigenvalue weighted by molar-refractivity contribution is 14.0. The van der Waals surface area contributed by atoms with Gasteiger partial charge in [0.05, 0.1) is 11.5 Å². The molecule has 6 nitrogen and oxygen atoms in total. The summed E-state index contributed by atoms with van der Waals surface area (Å²) in [6.45, 7) is 13.6. The summed E-state index contributed by atoms with van der Waals surface area (Å²) >= 11 is 0. The lowest BCUT2D eigenvalue weighted by Crippen LogP contribution is -2.49. The highest BCUT2D eigenvalue weighted by atomic mass is 127. The van der Waals surface area contributed by atoms with Gasteiger partial charge in [-0.2, -0.15) is 0 Å². The molecule has 2 aliphatic rings. The maximum atomic E-state index is 11.6. The highest BCUT2D eigenvalue weighted by Gasteiger charge is 2.32. The Hall–Kier alpha value is -0.0900. The number of guanidine groups is 1. The smallest absolute Gasteiger partial charge is 0.191 e. The quantitative estimate of drug-likeness (QED) is 0.352. The van der Waals surface area contributed by atoms with Crippen molar-refractivity contribution < 1.29 is 8.42 Å². The van der Waals surface area contributed by atoms with Crippen LogP contribution in [0.2, 0.25) is 0 Å². The van der Waals surface area contributed by atoms with Crippen molar-refractivity contribution >= 4 is 39.8 Å². The van der Waals surface area contributed by atoms with Gasteiger partial charge in [-0.05, 0) is 46.0 Å². The van der Waals surface area contributed by atoms with E-state index in [0.29, 0.717) is 36.3 Å². The monoisotopic (exact) mass is 486 g/mol. The van der Waals surface area contributed by atoms with E-state index in [1.54, 1.807) is 0 Å². The van der Waals surface area contributed by atoms with Gasteiger partial charge in [-0.25, -0.2) is 8.42 Å². The zero-order valence-electron chi connectivity index (χ0n) is 16.2. The van der Waals surface area contributed by atoms with Crippen molar-refractivity contribution in [2.24, 2.45) is 16.8 Å². The van der Waals surface area contributed by atoms with Crippen LogP contribution in [-0.4, -0.2) is 68.5 Å². The molecule has 0 aromatic rings. The maximum Gasteiger partial charge on any atom is 0.191 e. The van der Waals surface area contributed by atoms with Gasteiger partial charge < -0.3 is 10.6 Å². The maximum absolute atomic E-state index is 11.6. The van der Waals surface area contributed by atoms with E-state index in [-0.39, 0.29) is 35.6 Å². The first-order chi connectivity index (χ1) is 11.2. The Balaban J connectivity index is 0.00000312. The lowest BCUT2D eigenvalue weighted by Gasteiger charge is -2.23. The van der Waals surface area contributed by atoms with E-state index in [4.69, 9.17) is 4.99 Å². The summed E-state index contributed by atoms with van der Waals surface area (Å²) in [5, 5.41) is 6.96. The summed E-state index contributed by atoms with van der Waals surface area (Å²) in [4.78, 5) is 7.18. The van der Waals surface area contributed by atoms with Gasteiger partial charge in [-0.15, -0.1) is 24.0 Å². The van der Waals surface area contributed by atoms with Gasteiger partial charge in [0.1, 0.15) is 0 Å². The first kappa shape index (κ1) is 23.0. The fourth-order valence-corrected chi connectivity index (χ4v) is 5.28. The number of hydrogen-bond acceptors (Lipinski definition) is 4. The van der Waals surface area contributed by atoms with Crippen LogP contribution >= 0.6 is 24.0 Å². The molecule has 3 unspecified atom stereocenters. The Morgan fingerprint density at radius 2 is 1.92 bits per heavy atom. The topological polar surface area (TPSA) is 73.8 Å². The van der Waals surface area contributed by atoms with Gasteiger partial charge >= 0.3 is 0 Å². The molecule has 8 heteroatoms. The summed E-state index contributed by atoms with van der Waals surface area (Å²) in [7, 11) is -2.83. The third-order valence-electron chi connectivity index (χ3n) is 4.95. The number of rotatable bonds is 5. The molecule has 0 radical (unpaired) electrons. The molecule has 2 heterocycles. The van der Waals surface area contributed by atoms with Crippen molar-refractivity contribution in [1.29, 1.82) is 0 Å². The average molecular weight is 486 g/mol. The van der Waals surface area contributed by atoms with E-state index in [1.807, 2.05) is 0 Å². The fourth-order valence-electron chi connectivity index (χ4n) is 3.43. The van der Waals surface area contributed by atoms with E-state index in [1.165, 1.54) is 0 Å². The van der Waals surface area contributed by atoms with E-state index < -0.39 is 9.84 Å². The summed E-state index contributed by atoms with van der Waals surface area (Å²) in [5.74, 6) is 2.15. The van der Waals surface area contributed by atoms with Gasteiger partial charge in [-0.3, -0.25) is 9.89 Å². The van der Waals surface area contributed by atoms with Crippen molar-refractivity contribution in [3.05, 3.63) is 0 Å². The van der Waals surface area contributed by atoms with Crippen LogP contribution in [0.3, 0.4) is 0 Å². The van der Waals surface area contributed by atoms with E-state index in [0.717, 1.165) is 25.5 Å². The second-order valence-electron chi connectivity index (χ2n) is 8.03. The van der Waals surface area contributed by atoms with E-state index >= 15 is 0 Å². The largest absolute Gasteiger partial charge is 0.354 e. The number of nitrogens with zero attached hydrogens (tertiary/aromatic N) is 2. The molecular formula is C17H35IN4O2S. The van der Waals surface area contributed by atoms with Crippen LogP contribution in [0.1, 0.15) is 41.0 Å². The van der Waals surface area contributed by atoms with E-state index in [2.05, 4.69) is 50.2 Å².